The molecule has 170 valence electrons. The largest absolute Gasteiger partial charge is 0.481 e. The lowest BCUT2D eigenvalue weighted by atomic mass is 10.1. The minimum atomic E-state index is -0.833. The van der Waals surface area contributed by atoms with Crippen molar-refractivity contribution in [2.24, 2.45) is 0 Å². The van der Waals surface area contributed by atoms with Crippen LogP contribution in [-0.4, -0.2) is 71.0 Å². The van der Waals surface area contributed by atoms with E-state index in [1.165, 1.54) is 17.5 Å². The van der Waals surface area contributed by atoms with Crippen LogP contribution >= 0.6 is 0 Å². The number of carbonyl (C=O) groups excluding carboxylic acids is 1. The van der Waals surface area contributed by atoms with Gasteiger partial charge in [0.05, 0.1) is 5.56 Å². The fourth-order valence-corrected chi connectivity index (χ4v) is 3.37. The Morgan fingerprint density at radius 3 is 2.47 bits per heavy atom. The van der Waals surface area contributed by atoms with E-state index in [0.29, 0.717) is 11.5 Å². The number of nitrogens with zero attached hydrogens (tertiary/aromatic N) is 5. The van der Waals surface area contributed by atoms with E-state index in [0.717, 1.165) is 45.2 Å². The summed E-state index contributed by atoms with van der Waals surface area (Å²) in [5, 5.41) is 19.2. The lowest BCUT2D eigenvalue weighted by Gasteiger charge is -2.35. The first-order valence-corrected chi connectivity index (χ1v) is 10.3. The highest BCUT2D eigenvalue weighted by molar-refractivity contribution is 6.02. The van der Waals surface area contributed by atoms with Crippen LogP contribution in [0.5, 0.6) is 0 Å². The van der Waals surface area contributed by atoms with Gasteiger partial charge in [-0.05, 0) is 31.2 Å². The summed E-state index contributed by atoms with van der Waals surface area (Å²) in [6, 6.07) is 5.57. The maximum Gasteiger partial charge on any atom is 0.300 e. The normalized spacial score (nSPS) is 14.3. The van der Waals surface area contributed by atoms with Crippen LogP contribution in [0.25, 0.3) is 11.7 Å². The number of pyridine rings is 1. The quantitative estimate of drug-likeness (QED) is 0.529. The first kappa shape index (κ1) is 24.6. The Bertz CT molecular complexity index is 1120. The van der Waals surface area contributed by atoms with Gasteiger partial charge in [0, 0.05) is 46.3 Å². The van der Waals surface area contributed by atoms with Crippen molar-refractivity contribution in [3.8, 4) is 6.07 Å². The van der Waals surface area contributed by atoms with Crippen molar-refractivity contribution in [2.75, 3.05) is 44.7 Å². The number of aliphatic carboxylic acids is 1. The van der Waals surface area contributed by atoms with Crippen LogP contribution < -0.4 is 15.8 Å². The van der Waals surface area contributed by atoms with Crippen molar-refractivity contribution in [3.05, 3.63) is 45.4 Å². The molecule has 32 heavy (non-hydrogen) atoms. The molecule has 2 aromatic rings. The predicted octanol–water partition coefficient (Wildman–Crippen LogP) is 0.889. The van der Waals surface area contributed by atoms with Crippen molar-refractivity contribution < 1.29 is 14.7 Å². The number of aromatic nitrogens is 2. The van der Waals surface area contributed by atoms with Gasteiger partial charge in [0.15, 0.2) is 0 Å². The molecular weight excluding hydrogens is 412 g/mol. The Hall–Kier alpha value is -3.71. The number of hydrogen-bond acceptors (Lipinski definition) is 7. The highest BCUT2D eigenvalue weighted by atomic mass is 16.4. The molecule has 2 aromatic heterocycles. The zero-order valence-electron chi connectivity index (χ0n) is 18.8. The second-order valence-corrected chi connectivity index (χ2v) is 7.23. The third kappa shape index (κ3) is 5.70. The van der Waals surface area contributed by atoms with Crippen molar-refractivity contribution in [1.82, 2.24) is 19.6 Å². The Kier molecular flexibility index (Phi) is 8.49. The Labute approximate surface area is 186 Å². The van der Waals surface area contributed by atoms with E-state index >= 15 is 0 Å². The predicted molar refractivity (Wildman–Crippen MR) is 121 cm³/mol. The van der Waals surface area contributed by atoms with Gasteiger partial charge in [-0.2, -0.15) is 5.26 Å². The first-order valence-electron chi connectivity index (χ1n) is 10.3. The van der Waals surface area contributed by atoms with Crippen LogP contribution in [0.4, 0.5) is 5.82 Å². The third-order valence-corrected chi connectivity index (χ3v) is 5.06. The molecule has 0 aliphatic carbocycles. The number of hydrogen-bond donors (Lipinski definition) is 2. The van der Waals surface area contributed by atoms with E-state index < -0.39 is 11.9 Å². The second kappa shape index (κ2) is 11.1. The number of carbonyl (C=O) groups is 2. The molecule has 0 aromatic carbocycles. The lowest BCUT2D eigenvalue weighted by Crippen LogP contribution is -2.47. The zero-order chi connectivity index (χ0) is 23.8. The summed E-state index contributed by atoms with van der Waals surface area (Å²) in [5.41, 5.74) is 1.31. The Balaban J connectivity index is 0.000000837. The molecule has 1 amide bonds. The number of rotatable bonds is 4. The number of aryl methyl sites for hydroxylation is 1. The molecule has 10 heteroatoms. The van der Waals surface area contributed by atoms with Gasteiger partial charge in [-0.25, -0.2) is 4.98 Å². The topological polar surface area (TPSA) is 131 Å². The molecule has 1 saturated heterocycles. The lowest BCUT2D eigenvalue weighted by molar-refractivity contribution is -0.134. The van der Waals surface area contributed by atoms with E-state index in [2.05, 4.69) is 22.0 Å². The van der Waals surface area contributed by atoms with E-state index in [-0.39, 0.29) is 16.7 Å². The summed E-state index contributed by atoms with van der Waals surface area (Å²) in [6.45, 7) is 9.28. The number of fused-ring (bicyclic) bond motifs is 1. The van der Waals surface area contributed by atoms with Crippen molar-refractivity contribution in [3.63, 3.8) is 0 Å². The molecular formula is C22H28N6O4. The molecule has 0 atom stereocenters. The maximum absolute atomic E-state index is 13.2. The van der Waals surface area contributed by atoms with Crippen molar-refractivity contribution in [2.45, 2.75) is 20.8 Å². The SMILES string of the molecule is CC(=O)O.CCN1CCN(c2nc3c(C)cccn3c(=O)c2C=C(C#N)C(=O)NC)CC1. The molecule has 3 rings (SSSR count). The van der Waals surface area contributed by atoms with Gasteiger partial charge in [0.25, 0.3) is 17.4 Å². The number of piperazine rings is 1. The number of amides is 1. The standard InChI is InChI=1S/C20H24N6O2.C2H4O2/c1-4-24-8-10-25(11-9-24)18-16(12-15(13-21)19(27)22-3)20(28)26-7-5-6-14(2)17(26)23-18;1-2(3)4/h5-7,12H,4,8-11H2,1-3H3,(H,22,27);1H3,(H,3,4). The number of nitrogens with one attached hydrogen (secondary N) is 1. The van der Waals surface area contributed by atoms with Crippen LogP contribution in [0.3, 0.4) is 0 Å². The second-order valence-electron chi connectivity index (χ2n) is 7.23. The van der Waals surface area contributed by atoms with Crippen molar-refractivity contribution >= 4 is 29.4 Å². The molecule has 1 fully saturated rings. The Morgan fingerprint density at radius 2 is 1.94 bits per heavy atom. The van der Waals surface area contributed by atoms with E-state index in [9.17, 15) is 14.9 Å². The van der Waals surface area contributed by atoms with E-state index in [4.69, 9.17) is 14.9 Å². The molecule has 0 radical (unpaired) electrons. The summed E-state index contributed by atoms with van der Waals surface area (Å²) in [4.78, 5) is 43.4. The van der Waals surface area contributed by atoms with Crippen LogP contribution in [0.15, 0.2) is 28.7 Å². The van der Waals surface area contributed by atoms with Gasteiger partial charge < -0.3 is 20.2 Å². The summed E-state index contributed by atoms with van der Waals surface area (Å²) < 4.78 is 1.46. The molecule has 0 spiro atoms. The average Bonchev–Trinajstić information content (AvgIpc) is 2.78. The number of nitriles is 1. The van der Waals surface area contributed by atoms with Crippen LogP contribution in [-0.2, 0) is 9.59 Å². The minimum Gasteiger partial charge on any atom is -0.481 e. The first-order chi connectivity index (χ1) is 15.2. The van der Waals surface area contributed by atoms with Crippen LogP contribution in [0.2, 0.25) is 0 Å². The molecule has 0 unspecified atom stereocenters. The highest BCUT2D eigenvalue weighted by Gasteiger charge is 2.23. The van der Waals surface area contributed by atoms with Gasteiger partial charge in [-0.3, -0.25) is 18.8 Å². The molecule has 0 saturated carbocycles. The smallest absolute Gasteiger partial charge is 0.300 e. The van der Waals surface area contributed by atoms with Gasteiger partial charge >= 0.3 is 0 Å². The van der Waals surface area contributed by atoms with Gasteiger partial charge in [-0.15, -0.1) is 0 Å². The molecule has 1 aliphatic rings. The fraction of sp³-hybridized carbons (Fsp3) is 0.409. The molecule has 2 N–H and O–H groups in total. The van der Waals surface area contributed by atoms with Gasteiger partial charge in [0.1, 0.15) is 23.1 Å². The molecule has 1 aliphatic heterocycles. The number of anilines is 1. The number of carboxylic acids is 1. The Morgan fingerprint density at radius 1 is 1.31 bits per heavy atom. The highest BCUT2D eigenvalue weighted by Crippen LogP contribution is 2.21. The van der Waals surface area contributed by atoms with Crippen LogP contribution in [0, 0.1) is 18.3 Å². The van der Waals surface area contributed by atoms with Crippen molar-refractivity contribution in [1.29, 1.82) is 5.26 Å². The van der Waals surface area contributed by atoms with E-state index in [1.54, 1.807) is 12.3 Å². The summed E-state index contributed by atoms with van der Waals surface area (Å²) in [6.07, 6.45) is 3.00. The van der Waals surface area contributed by atoms with Gasteiger partial charge in [-0.1, -0.05) is 13.0 Å². The number of likely N-dealkylation sites (N-methyl/N-ethyl adjacent to an activating group) is 2. The third-order valence-electron chi connectivity index (χ3n) is 5.06. The number of carboxylic acid groups (broad SMARTS) is 1. The zero-order valence-corrected chi connectivity index (χ0v) is 18.8. The van der Waals surface area contributed by atoms with Gasteiger partial charge in [0.2, 0.25) is 0 Å². The average molecular weight is 441 g/mol. The van der Waals surface area contributed by atoms with Crippen LogP contribution in [0.1, 0.15) is 25.0 Å². The molecule has 0 bridgehead atoms. The molecule has 10 nitrogen and oxygen atoms in total. The maximum atomic E-state index is 13.2. The molecule has 3 heterocycles. The van der Waals surface area contributed by atoms with E-state index in [1.807, 2.05) is 19.1 Å². The fourth-order valence-electron chi connectivity index (χ4n) is 3.37. The summed E-state index contributed by atoms with van der Waals surface area (Å²) >= 11 is 0. The monoisotopic (exact) mass is 440 g/mol. The summed E-state index contributed by atoms with van der Waals surface area (Å²) in [7, 11) is 1.45. The minimum absolute atomic E-state index is 0.123. The summed E-state index contributed by atoms with van der Waals surface area (Å²) in [5.74, 6) is -0.843.